The molecule has 0 radical (unpaired) electrons. The molecule has 0 saturated heterocycles. The first-order valence-corrected chi connectivity index (χ1v) is 9.06. The minimum absolute atomic E-state index is 0.146. The zero-order chi connectivity index (χ0) is 17.0. The third kappa shape index (κ3) is 4.41. The fraction of sp³-hybridized carbons (Fsp3) is 0.333. The van der Waals surface area contributed by atoms with Gasteiger partial charge < -0.3 is 5.32 Å². The molecule has 5 heteroatoms. The average Bonchev–Trinajstić information content (AvgIpc) is 2.54. The van der Waals surface area contributed by atoms with E-state index in [4.69, 9.17) is 0 Å². The van der Waals surface area contributed by atoms with Crippen molar-refractivity contribution in [3.05, 3.63) is 65.2 Å². The third-order valence-corrected chi connectivity index (χ3v) is 5.72. The Morgan fingerprint density at radius 2 is 1.57 bits per heavy atom. The van der Waals surface area contributed by atoms with Gasteiger partial charge in [0.25, 0.3) is 0 Å². The van der Waals surface area contributed by atoms with Crippen molar-refractivity contribution in [1.82, 2.24) is 9.62 Å². The van der Waals surface area contributed by atoms with Crippen LogP contribution in [0.4, 0.5) is 0 Å². The van der Waals surface area contributed by atoms with Crippen molar-refractivity contribution in [2.24, 2.45) is 0 Å². The van der Waals surface area contributed by atoms with E-state index in [1.165, 1.54) is 29.5 Å². The van der Waals surface area contributed by atoms with Crippen LogP contribution in [0.1, 0.15) is 29.7 Å². The molecule has 23 heavy (non-hydrogen) atoms. The summed E-state index contributed by atoms with van der Waals surface area (Å²) in [4.78, 5) is 0.317. The van der Waals surface area contributed by atoms with Crippen LogP contribution in [0.15, 0.2) is 53.4 Å². The summed E-state index contributed by atoms with van der Waals surface area (Å²) in [5, 5.41) is 3.46. The van der Waals surface area contributed by atoms with Gasteiger partial charge in [0.05, 0.1) is 4.90 Å². The van der Waals surface area contributed by atoms with E-state index >= 15 is 0 Å². The van der Waals surface area contributed by atoms with Crippen molar-refractivity contribution in [3.63, 3.8) is 0 Å². The molecule has 1 unspecified atom stereocenters. The number of nitrogens with one attached hydrogen (secondary N) is 1. The van der Waals surface area contributed by atoms with Crippen LogP contribution in [0, 0.1) is 6.92 Å². The van der Waals surface area contributed by atoms with Gasteiger partial charge in [0.1, 0.15) is 0 Å². The van der Waals surface area contributed by atoms with Gasteiger partial charge in [0, 0.05) is 26.7 Å². The Labute approximate surface area is 139 Å². The van der Waals surface area contributed by atoms with Crippen molar-refractivity contribution in [1.29, 1.82) is 0 Å². The van der Waals surface area contributed by atoms with Crippen LogP contribution < -0.4 is 5.32 Å². The maximum Gasteiger partial charge on any atom is 0.242 e. The first-order chi connectivity index (χ1) is 10.8. The van der Waals surface area contributed by atoms with Crippen LogP contribution in [-0.4, -0.2) is 26.8 Å². The lowest BCUT2D eigenvalue weighted by molar-refractivity contribution is 0.520. The van der Waals surface area contributed by atoms with Crippen LogP contribution >= 0.6 is 0 Å². The highest BCUT2D eigenvalue weighted by molar-refractivity contribution is 7.89. The monoisotopic (exact) mass is 332 g/mol. The van der Waals surface area contributed by atoms with Crippen molar-refractivity contribution in [2.45, 2.75) is 31.3 Å². The Bertz CT molecular complexity index is 736. The van der Waals surface area contributed by atoms with E-state index < -0.39 is 10.0 Å². The molecule has 0 aliphatic rings. The van der Waals surface area contributed by atoms with Gasteiger partial charge in [-0.05, 0) is 37.1 Å². The molecule has 0 bridgehead atoms. The molecule has 1 N–H and O–H groups in total. The zero-order valence-corrected chi connectivity index (χ0v) is 14.9. The summed E-state index contributed by atoms with van der Waals surface area (Å²) in [5.41, 5.74) is 3.54. The molecular formula is C18H24N2O2S. The highest BCUT2D eigenvalue weighted by Crippen LogP contribution is 2.18. The lowest BCUT2D eigenvalue weighted by Crippen LogP contribution is -2.22. The number of hydrogen-bond donors (Lipinski definition) is 1. The summed E-state index contributed by atoms with van der Waals surface area (Å²) in [6.07, 6.45) is 0. The Morgan fingerprint density at radius 1 is 1.00 bits per heavy atom. The molecule has 1 atom stereocenters. The smallest absolute Gasteiger partial charge is 0.242 e. The number of nitrogens with zero attached hydrogens (tertiary/aromatic N) is 1. The van der Waals surface area contributed by atoms with Crippen molar-refractivity contribution in [3.8, 4) is 0 Å². The van der Waals surface area contributed by atoms with Crippen LogP contribution in [0.2, 0.25) is 0 Å². The minimum atomic E-state index is -3.37. The van der Waals surface area contributed by atoms with E-state index in [0.29, 0.717) is 4.90 Å². The molecule has 0 fully saturated rings. The first kappa shape index (κ1) is 17.7. The molecule has 2 rings (SSSR count). The topological polar surface area (TPSA) is 49.4 Å². The minimum Gasteiger partial charge on any atom is -0.306 e. The summed E-state index contributed by atoms with van der Waals surface area (Å²) in [5.74, 6) is 0. The highest BCUT2D eigenvalue weighted by Gasteiger charge is 2.17. The Balaban J connectivity index is 2.03. The molecular weight excluding hydrogens is 308 g/mol. The number of aryl methyl sites for hydroxylation is 1. The van der Waals surface area contributed by atoms with E-state index in [9.17, 15) is 8.42 Å². The number of rotatable bonds is 6. The summed E-state index contributed by atoms with van der Waals surface area (Å²) < 4.78 is 25.3. The quantitative estimate of drug-likeness (QED) is 0.884. The Kier molecular flexibility index (Phi) is 5.57. The zero-order valence-electron chi connectivity index (χ0n) is 14.1. The molecule has 0 aromatic heterocycles. The van der Waals surface area contributed by atoms with Crippen LogP contribution in [0.25, 0.3) is 0 Å². The number of hydrogen-bond acceptors (Lipinski definition) is 3. The van der Waals surface area contributed by atoms with E-state index in [-0.39, 0.29) is 6.04 Å². The predicted octanol–water partition coefficient (Wildman–Crippen LogP) is 3.10. The van der Waals surface area contributed by atoms with E-state index in [0.717, 1.165) is 12.1 Å². The normalized spacial score (nSPS) is 13.3. The molecule has 2 aromatic carbocycles. The van der Waals surface area contributed by atoms with Crippen molar-refractivity contribution in [2.75, 3.05) is 14.1 Å². The van der Waals surface area contributed by atoms with E-state index in [1.807, 2.05) is 12.1 Å². The third-order valence-electron chi connectivity index (χ3n) is 3.89. The number of benzene rings is 2. The lowest BCUT2D eigenvalue weighted by atomic mass is 10.1. The van der Waals surface area contributed by atoms with Gasteiger partial charge in [-0.15, -0.1) is 0 Å². The van der Waals surface area contributed by atoms with Crippen LogP contribution in [0.3, 0.4) is 0 Å². The molecule has 0 saturated carbocycles. The Morgan fingerprint density at radius 3 is 2.09 bits per heavy atom. The van der Waals surface area contributed by atoms with Gasteiger partial charge in [-0.2, -0.15) is 0 Å². The van der Waals surface area contributed by atoms with Gasteiger partial charge in [-0.1, -0.05) is 42.0 Å². The van der Waals surface area contributed by atoms with Gasteiger partial charge in [-0.25, -0.2) is 12.7 Å². The standard InChI is InChI=1S/C18H24N2O2S/c1-14-5-7-16(8-6-14)13-19-15(2)17-9-11-18(12-10-17)23(21,22)20(3)4/h5-12,15,19H,13H2,1-4H3. The molecule has 0 aliphatic heterocycles. The molecule has 124 valence electrons. The van der Waals surface area contributed by atoms with Crippen LogP contribution in [0.5, 0.6) is 0 Å². The maximum atomic E-state index is 12.1. The number of sulfonamides is 1. The molecule has 4 nitrogen and oxygen atoms in total. The molecule has 0 aliphatic carbocycles. The lowest BCUT2D eigenvalue weighted by Gasteiger charge is -2.16. The SMILES string of the molecule is Cc1ccc(CNC(C)c2ccc(S(=O)(=O)N(C)C)cc2)cc1. The van der Waals surface area contributed by atoms with E-state index in [1.54, 1.807) is 12.1 Å². The van der Waals surface area contributed by atoms with Crippen molar-refractivity contribution < 1.29 is 8.42 Å². The summed E-state index contributed by atoms with van der Waals surface area (Å²) >= 11 is 0. The molecule has 0 heterocycles. The molecule has 2 aromatic rings. The second-order valence-corrected chi connectivity index (χ2v) is 8.10. The van der Waals surface area contributed by atoms with Gasteiger partial charge >= 0.3 is 0 Å². The average molecular weight is 332 g/mol. The maximum absolute atomic E-state index is 12.1. The highest BCUT2D eigenvalue weighted by atomic mass is 32.2. The van der Waals surface area contributed by atoms with Gasteiger partial charge in [-0.3, -0.25) is 0 Å². The fourth-order valence-corrected chi connectivity index (χ4v) is 3.14. The van der Waals surface area contributed by atoms with E-state index in [2.05, 4.69) is 43.4 Å². The Hall–Kier alpha value is -1.69. The fourth-order valence-electron chi connectivity index (χ4n) is 2.23. The summed E-state index contributed by atoms with van der Waals surface area (Å²) in [6, 6.07) is 15.6. The largest absolute Gasteiger partial charge is 0.306 e. The van der Waals surface area contributed by atoms with Crippen LogP contribution in [-0.2, 0) is 16.6 Å². The second-order valence-electron chi connectivity index (χ2n) is 5.94. The van der Waals surface area contributed by atoms with Gasteiger partial charge in [0.15, 0.2) is 0 Å². The molecule has 0 amide bonds. The molecule has 0 spiro atoms. The first-order valence-electron chi connectivity index (χ1n) is 7.62. The van der Waals surface area contributed by atoms with Gasteiger partial charge in [0.2, 0.25) is 10.0 Å². The summed E-state index contributed by atoms with van der Waals surface area (Å²) in [6.45, 7) is 4.92. The van der Waals surface area contributed by atoms with Crippen molar-refractivity contribution >= 4 is 10.0 Å². The second kappa shape index (κ2) is 7.25. The summed E-state index contributed by atoms with van der Waals surface area (Å²) in [7, 11) is -0.292. The predicted molar refractivity (Wildman–Crippen MR) is 93.7 cm³/mol.